The van der Waals surface area contributed by atoms with Crippen LogP contribution in [0.4, 0.5) is 0 Å². The minimum absolute atomic E-state index is 0.0513. The third-order valence-corrected chi connectivity index (χ3v) is 9.73. The van der Waals surface area contributed by atoms with Crippen LogP contribution in [0.2, 0.25) is 0 Å². The van der Waals surface area contributed by atoms with Crippen LogP contribution < -0.4 is 76.5 Å². The Balaban J connectivity index is 2.68. The first kappa shape index (κ1) is 53.3. The lowest BCUT2D eigenvalue weighted by Crippen LogP contribution is -2.65. The van der Waals surface area contributed by atoms with Crippen molar-refractivity contribution in [2.75, 3.05) is 32.7 Å². The molecule has 0 unspecified atom stereocenters. The second-order valence-electron chi connectivity index (χ2n) is 15.4. The highest BCUT2D eigenvalue weighted by molar-refractivity contribution is 5.99. The van der Waals surface area contributed by atoms with Gasteiger partial charge in [0.2, 0.25) is 53.2 Å². The molecule has 352 valence electrons. The first-order valence-corrected chi connectivity index (χ1v) is 20.3. The van der Waals surface area contributed by atoms with E-state index in [1.54, 1.807) is 44.2 Å². The van der Waals surface area contributed by atoms with Crippen molar-refractivity contribution in [1.82, 2.24) is 47.9 Å². The fourth-order valence-electron chi connectivity index (χ4n) is 5.99. The van der Waals surface area contributed by atoms with Gasteiger partial charge in [0.25, 0.3) is 0 Å². The van der Waals surface area contributed by atoms with Gasteiger partial charge in [-0.1, -0.05) is 44.2 Å². The van der Waals surface area contributed by atoms with Gasteiger partial charge in [0.1, 0.15) is 54.4 Å². The van der Waals surface area contributed by atoms with E-state index in [1.165, 1.54) is 6.92 Å². The van der Waals surface area contributed by atoms with E-state index in [0.717, 1.165) is 6.92 Å². The van der Waals surface area contributed by atoms with E-state index in [9.17, 15) is 53.4 Å². The van der Waals surface area contributed by atoms with Crippen LogP contribution in [0.5, 0.6) is 0 Å². The molecule has 63 heavy (non-hydrogen) atoms. The molecule has 1 aromatic carbocycles. The van der Waals surface area contributed by atoms with Crippen molar-refractivity contribution in [2.45, 2.75) is 107 Å². The summed E-state index contributed by atoms with van der Waals surface area (Å²) in [6.45, 7) is 3.03. The van der Waals surface area contributed by atoms with Gasteiger partial charge in [-0.3, -0.25) is 43.2 Å². The maximum absolute atomic E-state index is 14.0. The molecule has 1 heterocycles. The lowest BCUT2D eigenvalue weighted by Gasteiger charge is -2.29. The first-order chi connectivity index (χ1) is 29.7. The van der Waals surface area contributed by atoms with Crippen molar-refractivity contribution in [2.24, 2.45) is 34.6 Å². The fourth-order valence-corrected chi connectivity index (χ4v) is 5.99. The van der Waals surface area contributed by atoms with Crippen LogP contribution in [0.15, 0.2) is 30.3 Å². The van der Waals surface area contributed by atoms with Gasteiger partial charge in [0, 0.05) is 39.1 Å². The second-order valence-corrected chi connectivity index (χ2v) is 15.4. The molecule has 0 aromatic heterocycles. The highest BCUT2D eigenvalue weighted by atomic mass is 16.3. The predicted molar refractivity (Wildman–Crippen MR) is 226 cm³/mol. The molecule has 1 fully saturated rings. The summed E-state index contributed by atoms with van der Waals surface area (Å²) < 4.78 is 0. The SMILES string of the molecule is CC(C)C[C@@H]1NC(=O)[C@@H](Cc2ccccc2)NC(=O)[C@H](CN)NC(=O)[C@@H](NC(=O)[C@H](CN)NC(=O)[C@@H](N)[C@@H](C)O)CNC(=O)[C@H]([C@@H](C)O)NC(=O)[C@H](CN)NC(=O)[C@H](CN)NC1=O. The van der Waals surface area contributed by atoms with Crippen molar-refractivity contribution in [3.63, 3.8) is 0 Å². The molecule has 0 spiro atoms. The van der Waals surface area contributed by atoms with Crippen LogP contribution in [-0.2, 0) is 49.6 Å². The van der Waals surface area contributed by atoms with Crippen LogP contribution in [0.3, 0.4) is 0 Å². The molecular formula is C38H64N14O11. The summed E-state index contributed by atoms with van der Waals surface area (Å²) in [5.74, 6) is -9.14. The number of hydrogen-bond donors (Lipinski definition) is 16. The summed E-state index contributed by atoms with van der Waals surface area (Å²) in [6.07, 6.45) is -2.99. The summed E-state index contributed by atoms with van der Waals surface area (Å²) in [5, 5.41) is 41.8. The van der Waals surface area contributed by atoms with E-state index in [1.807, 2.05) is 0 Å². The first-order valence-electron chi connectivity index (χ1n) is 20.3. The van der Waals surface area contributed by atoms with E-state index >= 15 is 0 Å². The Morgan fingerprint density at radius 1 is 0.651 bits per heavy atom. The number of carbonyl (C=O) groups excluding carboxylic acids is 9. The molecule has 1 aliphatic rings. The molecule has 21 N–H and O–H groups in total. The molecule has 25 nitrogen and oxygen atoms in total. The number of carbonyl (C=O) groups is 9. The van der Waals surface area contributed by atoms with Gasteiger partial charge in [-0.2, -0.15) is 0 Å². The van der Waals surface area contributed by atoms with Gasteiger partial charge < -0.3 is 86.7 Å². The third-order valence-electron chi connectivity index (χ3n) is 9.73. The van der Waals surface area contributed by atoms with Gasteiger partial charge in [-0.05, 0) is 31.7 Å². The van der Waals surface area contributed by atoms with Gasteiger partial charge in [-0.15, -0.1) is 0 Å². The molecule has 25 heteroatoms. The standard InChI is InChI=1S/C38H64N14O11/c1-17(2)10-21-30(55)47-24(13-40)33(58)48-26(15-42)35(60)52-29(19(4)54)38(63)44-16-27(51-34(59)25(14-41)50-37(62)28(43)18(3)53)36(61)49-23(12-39)32(57)46-22(31(56)45-21)11-20-8-6-5-7-9-20/h5-9,17-19,21-29,53-54H,10-16,39-43H2,1-4H3,(H,44,63)(H,45,56)(H,46,57)(H,47,55)(H,48,58)(H,49,61)(H,50,62)(H,51,59)(H,52,60)/t18-,19-,21+,22-,23+,24+,25+,26+,27+,28+,29+/m1/s1. The van der Waals surface area contributed by atoms with E-state index in [2.05, 4.69) is 47.9 Å². The van der Waals surface area contributed by atoms with Crippen LogP contribution in [0, 0.1) is 5.92 Å². The molecule has 0 bridgehead atoms. The number of rotatable bonds is 14. The zero-order chi connectivity index (χ0) is 47.6. The summed E-state index contributed by atoms with van der Waals surface area (Å²) in [5.41, 5.74) is 29.6. The number of aliphatic hydroxyl groups is 2. The highest BCUT2D eigenvalue weighted by Gasteiger charge is 2.36. The van der Waals surface area contributed by atoms with E-state index in [-0.39, 0.29) is 18.8 Å². The smallest absolute Gasteiger partial charge is 0.245 e. The summed E-state index contributed by atoms with van der Waals surface area (Å²) in [4.78, 5) is 122. The average Bonchev–Trinajstić information content (AvgIpc) is 3.24. The Labute approximate surface area is 364 Å². The summed E-state index contributed by atoms with van der Waals surface area (Å²) in [6, 6.07) is -5.35. The van der Waals surface area contributed by atoms with Gasteiger partial charge in [-0.25, -0.2) is 0 Å². The maximum atomic E-state index is 14.0. The van der Waals surface area contributed by atoms with Crippen molar-refractivity contribution in [1.29, 1.82) is 0 Å². The van der Waals surface area contributed by atoms with Crippen molar-refractivity contribution in [3.05, 3.63) is 35.9 Å². The largest absolute Gasteiger partial charge is 0.391 e. The van der Waals surface area contributed by atoms with Gasteiger partial charge in [0.15, 0.2) is 0 Å². The van der Waals surface area contributed by atoms with Crippen LogP contribution in [0.25, 0.3) is 0 Å². The summed E-state index contributed by atoms with van der Waals surface area (Å²) in [7, 11) is 0. The molecule has 0 saturated carbocycles. The maximum Gasteiger partial charge on any atom is 0.245 e. The molecule has 11 atom stereocenters. The predicted octanol–water partition coefficient (Wildman–Crippen LogP) is -8.79. The van der Waals surface area contributed by atoms with E-state index in [4.69, 9.17) is 28.7 Å². The molecular weight excluding hydrogens is 829 g/mol. The van der Waals surface area contributed by atoms with Crippen molar-refractivity contribution in [3.8, 4) is 0 Å². The molecule has 0 radical (unpaired) electrons. The quantitative estimate of drug-likeness (QED) is 0.0825. The zero-order valence-electron chi connectivity index (χ0n) is 35.7. The third kappa shape index (κ3) is 16.8. The fraction of sp³-hybridized carbons (Fsp3) is 0.605. The molecule has 2 rings (SSSR count). The van der Waals surface area contributed by atoms with Crippen LogP contribution in [0.1, 0.15) is 39.7 Å². The number of benzene rings is 1. The van der Waals surface area contributed by atoms with E-state index < -0.39 is 152 Å². The lowest BCUT2D eigenvalue weighted by molar-refractivity contribution is -0.136. The lowest BCUT2D eigenvalue weighted by atomic mass is 10.0. The highest BCUT2D eigenvalue weighted by Crippen LogP contribution is 2.09. The normalized spacial score (nSPS) is 25.7. The second kappa shape index (κ2) is 25.9. The molecule has 9 amide bonds. The Morgan fingerprint density at radius 2 is 1.11 bits per heavy atom. The Morgan fingerprint density at radius 3 is 1.59 bits per heavy atom. The molecule has 1 aliphatic heterocycles. The average molecular weight is 893 g/mol. The number of amides is 9. The Bertz CT molecular complexity index is 1750. The minimum atomic E-state index is -1.79. The molecule has 1 aromatic rings. The monoisotopic (exact) mass is 892 g/mol. The number of aliphatic hydroxyl groups excluding tert-OH is 2. The molecule has 1 saturated heterocycles. The number of hydrogen-bond acceptors (Lipinski definition) is 16. The molecule has 0 aliphatic carbocycles. The van der Waals surface area contributed by atoms with Crippen molar-refractivity contribution < 1.29 is 53.4 Å². The van der Waals surface area contributed by atoms with Gasteiger partial charge in [0.05, 0.1) is 12.2 Å². The topological polar surface area (TPSA) is 432 Å². The summed E-state index contributed by atoms with van der Waals surface area (Å²) >= 11 is 0. The van der Waals surface area contributed by atoms with Gasteiger partial charge >= 0.3 is 0 Å². The van der Waals surface area contributed by atoms with Crippen LogP contribution >= 0.6 is 0 Å². The van der Waals surface area contributed by atoms with Crippen LogP contribution in [-0.4, -0.2) is 163 Å². The minimum Gasteiger partial charge on any atom is -0.391 e. The zero-order valence-corrected chi connectivity index (χ0v) is 35.7. The van der Waals surface area contributed by atoms with Crippen molar-refractivity contribution >= 4 is 53.2 Å². The van der Waals surface area contributed by atoms with E-state index in [0.29, 0.717) is 5.56 Å². The number of nitrogens with two attached hydrogens (primary N) is 5. The Kier molecular flexibility index (Phi) is 22.0. The number of nitrogens with one attached hydrogen (secondary N) is 9. The Hall–Kier alpha value is -5.83.